The van der Waals surface area contributed by atoms with Crippen LogP contribution in [0.5, 0.6) is 0 Å². The SMILES string of the molecule is C=C/C=C\C(=C/C)c1ccc(C(C)N)cc1. The first kappa shape index (κ1) is 12.5. The number of nitrogens with two attached hydrogens (primary N) is 1. The van der Waals surface area contributed by atoms with E-state index in [1.807, 2.05) is 26.0 Å². The van der Waals surface area contributed by atoms with Gasteiger partial charge >= 0.3 is 0 Å². The molecule has 0 aliphatic heterocycles. The normalized spacial score (nSPS) is 14.1. The lowest BCUT2D eigenvalue weighted by atomic mass is 10.0. The van der Waals surface area contributed by atoms with E-state index in [2.05, 4.69) is 36.9 Å². The van der Waals surface area contributed by atoms with Crippen molar-refractivity contribution in [3.8, 4) is 0 Å². The van der Waals surface area contributed by atoms with Gasteiger partial charge in [0, 0.05) is 6.04 Å². The minimum atomic E-state index is 0.0897. The summed E-state index contributed by atoms with van der Waals surface area (Å²) >= 11 is 0. The smallest absolute Gasteiger partial charge is 0.0266 e. The largest absolute Gasteiger partial charge is 0.324 e. The molecule has 1 heteroatoms. The summed E-state index contributed by atoms with van der Waals surface area (Å²) in [6, 6.07) is 8.44. The lowest BCUT2D eigenvalue weighted by Crippen LogP contribution is -2.04. The molecule has 0 radical (unpaired) electrons. The molecule has 0 amide bonds. The van der Waals surface area contributed by atoms with Gasteiger partial charge in [0.15, 0.2) is 0 Å². The van der Waals surface area contributed by atoms with Crippen LogP contribution in [0, 0.1) is 0 Å². The molecule has 1 rings (SSSR count). The first-order valence-electron chi connectivity index (χ1n) is 5.50. The Hall–Kier alpha value is -1.60. The number of benzene rings is 1. The number of allylic oxidation sites excluding steroid dienone is 5. The van der Waals surface area contributed by atoms with Crippen LogP contribution in [0.3, 0.4) is 0 Å². The van der Waals surface area contributed by atoms with Crippen LogP contribution in [0.1, 0.15) is 31.0 Å². The Bertz CT molecular complexity index is 394. The van der Waals surface area contributed by atoms with Gasteiger partial charge in [-0.2, -0.15) is 0 Å². The lowest BCUT2D eigenvalue weighted by Gasteiger charge is -2.07. The second-order valence-electron chi connectivity index (χ2n) is 3.75. The van der Waals surface area contributed by atoms with Crippen LogP contribution in [0.2, 0.25) is 0 Å². The van der Waals surface area contributed by atoms with Crippen molar-refractivity contribution >= 4 is 5.57 Å². The molecule has 16 heavy (non-hydrogen) atoms. The van der Waals surface area contributed by atoms with Gasteiger partial charge in [-0.25, -0.2) is 0 Å². The van der Waals surface area contributed by atoms with Gasteiger partial charge in [0.1, 0.15) is 0 Å². The van der Waals surface area contributed by atoms with Crippen LogP contribution in [0.4, 0.5) is 0 Å². The monoisotopic (exact) mass is 213 g/mol. The maximum Gasteiger partial charge on any atom is 0.0266 e. The Morgan fingerprint density at radius 1 is 1.31 bits per heavy atom. The van der Waals surface area contributed by atoms with Gasteiger partial charge in [0.2, 0.25) is 0 Å². The fourth-order valence-electron chi connectivity index (χ4n) is 1.51. The van der Waals surface area contributed by atoms with E-state index in [-0.39, 0.29) is 6.04 Å². The third kappa shape index (κ3) is 3.21. The average Bonchev–Trinajstić information content (AvgIpc) is 2.30. The van der Waals surface area contributed by atoms with Gasteiger partial charge in [-0.3, -0.25) is 0 Å². The molecule has 1 nitrogen and oxygen atoms in total. The molecular weight excluding hydrogens is 194 g/mol. The molecule has 1 unspecified atom stereocenters. The first-order valence-corrected chi connectivity index (χ1v) is 5.50. The number of hydrogen-bond acceptors (Lipinski definition) is 1. The molecule has 0 saturated heterocycles. The van der Waals surface area contributed by atoms with Gasteiger partial charge in [-0.05, 0) is 30.5 Å². The molecule has 1 aromatic carbocycles. The highest BCUT2D eigenvalue weighted by molar-refractivity contribution is 5.74. The van der Waals surface area contributed by atoms with Crippen LogP contribution in [0.25, 0.3) is 5.57 Å². The Morgan fingerprint density at radius 2 is 1.94 bits per heavy atom. The quantitative estimate of drug-likeness (QED) is 0.755. The highest BCUT2D eigenvalue weighted by Crippen LogP contribution is 2.18. The zero-order chi connectivity index (χ0) is 12.0. The Morgan fingerprint density at radius 3 is 2.38 bits per heavy atom. The summed E-state index contributed by atoms with van der Waals surface area (Å²) in [5, 5.41) is 0. The van der Waals surface area contributed by atoms with Crippen LogP contribution in [0.15, 0.2) is 55.1 Å². The molecule has 0 saturated carbocycles. The highest BCUT2D eigenvalue weighted by Gasteiger charge is 2.00. The summed E-state index contributed by atoms with van der Waals surface area (Å²) < 4.78 is 0. The predicted octanol–water partition coefficient (Wildman–Crippen LogP) is 3.85. The Balaban J connectivity index is 2.96. The summed E-state index contributed by atoms with van der Waals surface area (Å²) in [6.07, 6.45) is 7.85. The number of hydrogen-bond donors (Lipinski definition) is 1. The van der Waals surface area contributed by atoms with Gasteiger partial charge in [-0.1, -0.05) is 55.1 Å². The molecule has 84 valence electrons. The van der Waals surface area contributed by atoms with E-state index >= 15 is 0 Å². The van der Waals surface area contributed by atoms with E-state index in [4.69, 9.17) is 5.73 Å². The topological polar surface area (TPSA) is 26.0 Å². The van der Waals surface area contributed by atoms with Crippen LogP contribution in [-0.2, 0) is 0 Å². The maximum absolute atomic E-state index is 5.81. The van der Waals surface area contributed by atoms with Crippen molar-refractivity contribution in [2.45, 2.75) is 19.9 Å². The Kier molecular flexibility index (Phi) is 4.74. The van der Waals surface area contributed by atoms with Gasteiger partial charge < -0.3 is 5.73 Å². The van der Waals surface area contributed by atoms with Gasteiger partial charge in [-0.15, -0.1) is 0 Å². The van der Waals surface area contributed by atoms with Crippen LogP contribution >= 0.6 is 0 Å². The second kappa shape index (κ2) is 6.09. The molecule has 0 spiro atoms. The molecule has 0 bridgehead atoms. The number of rotatable bonds is 4. The fourth-order valence-corrected chi connectivity index (χ4v) is 1.51. The van der Waals surface area contributed by atoms with Crippen molar-refractivity contribution < 1.29 is 0 Å². The summed E-state index contributed by atoms with van der Waals surface area (Å²) in [4.78, 5) is 0. The molecule has 1 aromatic rings. The first-order chi connectivity index (χ1) is 7.69. The fraction of sp³-hybridized carbons (Fsp3) is 0.200. The van der Waals surface area contributed by atoms with Crippen molar-refractivity contribution in [3.05, 3.63) is 66.3 Å². The van der Waals surface area contributed by atoms with Crippen molar-refractivity contribution in [3.63, 3.8) is 0 Å². The molecule has 0 aliphatic carbocycles. The van der Waals surface area contributed by atoms with E-state index in [0.717, 1.165) is 5.56 Å². The van der Waals surface area contributed by atoms with E-state index < -0.39 is 0 Å². The molecule has 0 fully saturated rings. The third-order valence-corrected chi connectivity index (χ3v) is 2.49. The Labute approximate surface area is 98.0 Å². The maximum atomic E-state index is 5.81. The summed E-state index contributed by atoms with van der Waals surface area (Å²) in [5.41, 5.74) is 9.36. The summed E-state index contributed by atoms with van der Waals surface area (Å²) in [5.74, 6) is 0. The third-order valence-electron chi connectivity index (χ3n) is 2.49. The van der Waals surface area contributed by atoms with E-state index in [1.54, 1.807) is 6.08 Å². The molecular formula is C15H19N. The molecule has 0 aliphatic rings. The van der Waals surface area contributed by atoms with E-state index in [9.17, 15) is 0 Å². The minimum absolute atomic E-state index is 0.0897. The standard InChI is InChI=1S/C15H19N/c1-4-6-7-13(5-2)15-10-8-14(9-11-15)12(3)16/h4-12H,1,16H2,2-3H3/b7-6-,13-5+. The van der Waals surface area contributed by atoms with Crippen LogP contribution < -0.4 is 5.73 Å². The summed E-state index contributed by atoms with van der Waals surface area (Å²) in [6.45, 7) is 7.69. The lowest BCUT2D eigenvalue weighted by molar-refractivity contribution is 0.818. The van der Waals surface area contributed by atoms with Crippen molar-refractivity contribution in [1.82, 2.24) is 0 Å². The predicted molar refractivity (Wildman–Crippen MR) is 72.0 cm³/mol. The van der Waals surface area contributed by atoms with Gasteiger partial charge in [0.25, 0.3) is 0 Å². The average molecular weight is 213 g/mol. The second-order valence-corrected chi connectivity index (χ2v) is 3.75. The van der Waals surface area contributed by atoms with E-state index in [1.165, 1.54) is 11.1 Å². The molecule has 1 atom stereocenters. The van der Waals surface area contributed by atoms with Crippen molar-refractivity contribution in [2.75, 3.05) is 0 Å². The van der Waals surface area contributed by atoms with E-state index in [0.29, 0.717) is 0 Å². The minimum Gasteiger partial charge on any atom is -0.324 e. The van der Waals surface area contributed by atoms with Crippen molar-refractivity contribution in [2.24, 2.45) is 5.73 Å². The zero-order valence-corrected chi connectivity index (χ0v) is 9.98. The summed E-state index contributed by atoms with van der Waals surface area (Å²) in [7, 11) is 0. The highest BCUT2D eigenvalue weighted by atomic mass is 14.6. The zero-order valence-electron chi connectivity index (χ0n) is 9.98. The molecule has 0 aromatic heterocycles. The van der Waals surface area contributed by atoms with Crippen molar-refractivity contribution in [1.29, 1.82) is 0 Å². The van der Waals surface area contributed by atoms with Crippen LogP contribution in [-0.4, -0.2) is 0 Å². The molecule has 2 N–H and O–H groups in total. The molecule has 0 heterocycles. The van der Waals surface area contributed by atoms with Gasteiger partial charge in [0.05, 0.1) is 0 Å².